The Morgan fingerprint density at radius 2 is 2.06 bits per heavy atom. The monoisotopic (exact) mass is 483 g/mol. The second-order valence-electron chi connectivity index (χ2n) is 7.08. The number of furan rings is 1. The molecule has 162 valence electrons. The molecule has 10 heteroatoms. The first kappa shape index (κ1) is 21.0. The highest BCUT2D eigenvalue weighted by Gasteiger charge is 2.21. The summed E-state index contributed by atoms with van der Waals surface area (Å²) in [4.78, 5) is 21.2. The lowest BCUT2D eigenvalue weighted by Crippen LogP contribution is -2.12. The fourth-order valence-electron chi connectivity index (χ4n) is 3.46. The van der Waals surface area contributed by atoms with E-state index in [2.05, 4.69) is 15.2 Å². The van der Waals surface area contributed by atoms with E-state index < -0.39 is 0 Å². The predicted octanol–water partition coefficient (Wildman–Crippen LogP) is 6.03. The van der Waals surface area contributed by atoms with Crippen LogP contribution in [0.4, 0.5) is 0 Å². The molecule has 0 saturated heterocycles. The summed E-state index contributed by atoms with van der Waals surface area (Å²) in [5.74, 6) is 2.03. The van der Waals surface area contributed by atoms with Crippen molar-refractivity contribution < 1.29 is 4.42 Å². The molecule has 1 N–H and O–H groups in total. The molecule has 5 rings (SSSR count). The Labute approximate surface area is 196 Å². The lowest BCUT2D eigenvalue weighted by atomic mass is 10.2. The normalized spacial score (nSPS) is 12.5. The molecule has 7 nitrogen and oxygen atoms in total. The number of benzene rings is 1. The van der Waals surface area contributed by atoms with Crippen LogP contribution < -0.4 is 5.56 Å². The predicted molar refractivity (Wildman–Crippen MR) is 128 cm³/mol. The van der Waals surface area contributed by atoms with Crippen LogP contribution in [0, 0.1) is 0 Å². The Hall–Kier alpha value is -2.88. The largest absolute Gasteiger partial charge is 0.464 e. The average molecular weight is 484 g/mol. The van der Waals surface area contributed by atoms with Crippen molar-refractivity contribution in [2.45, 2.75) is 30.8 Å². The minimum Gasteiger partial charge on any atom is -0.464 e. The molecule has 0 aliphatic heterocycles. The lowest BCUT2D eigenvalue weighted by molar-refractivity contribution is 0.583. The van der Waals surface area contributed by atoms with Crippen molar-refractivity contribution in [3.63, 3.8) is 0 Å². The summed E-state index contributed by atoms with van der Waals surface area (Å²) in [5, 5.41) is 12.5. The van der Waals surface area contributed by atoms with Crippen molar-refractivity contribution in [3.05, 3.63) is 69.2 Å². The number of hydrogen-bond acceptors (Lipinski definition) is 7. The van der Waals surface area contributed by atoms with Gasteiger partial charge < -0.3 is 14.0 Å². The third kappa shape index (κ3) is 3.76. The van der Waals surface area contributed by atoms with Gasteiger partial charge in [-0.25, -0.2) is 4.98 Å². The van der Waals surface area contributed by atoms with Gasteiger partial charge in [0.1, 0.15) is 16.4 Å². The van der Waals surface area contributed by atoms with Crippen LogP contribution in [0.25, 0.3) is 32.9 Å². The first-order valence-electron chi connectivity index (χ1n) is 9.96. The number of nitrogens with zero attached hydrogens (tertiary/aromatic N) is 4. The molecule has 5 aromatic rings. The fraction of sp³-hybridized carbons (Fsp3) is 0.182. The number of aromatic nitrogens is 5. The maximum absolute atomic E-state index is 12.9. The Morgan fingerprint density at radius 1 is 1.25 bits per heavy atom. The maximum atomic E-state index is 12.9. The number of rotatable bonds is 6. The van der Waals surface area contributed by atoms with E-state index in [4.69, 9.17) is 21.0 Å². The van der Waals surface area contributed by atoms with E-state index >= 15 is 0 Å². The molecule has 0 aliphatic carbocycles. The highest BCUT2D eigenvalue weighted by molar-refractivity contribution is 7.99. The van der Waals surface area contributed by atoms with Crippen molar-refractivity contribution >= 4 is 44.9 Å². The summed E-state index contributed by atoms with van der Waals surface area (Å²) >= 11 is 8.95. The van der Waals surface area contributed by atoms with Gasteiger partial charge in [-0.05, 0) is 50.2 Å². The third-order valence-corrected chi connectivity index (χ3v) is 7.27. The number of hydrogen-bond donors (Lipinski definition) is 1. The standard InChI is InChI=1S/C22H18ClN5O2S2/c1-3-28-19(13-6-8-14(23)9-7-13)26-27-22(28)32-12(2)18-24-20(29)17-15(11-31-21(17)25-18)16-5-4-10-30-16/h4-12H,3H2,1-2H3,(H,24,25,29). The minimum atomic E-state index is -0.177. The summed E-state index contributed by atoms with van der Waals surface area (Å²) in [6.45, 7) is 4.75. The van der Waals surface area contributed by atoms with Crippen molar-refractivity contribution in [1.29, 1.82) is 0 Å². The number of thiophene rings is 1. The van der Waals surface area contributed by atoms with Crippen LogP contribution in [0.3, 0.4) is 0 Å². The topological polar surface area (TPSA) is 89.6 Å². The van der Waals surface area contributed by atoms with Crippen LogP contribution in [-0.4, -0.2) is 24.7 Å². The van der Waals surface area contributed by atoms with Gasteiger partial charge in [-0.2, -0.15) is 0 Å². The Morgan fingerprint density at radius 3 is 2.78 bits per heavy atom. The van der Waals surface area contributed by atoms with E-state index in [1.165, 1.54) is 23.1 Å². The molecular formula is C22H18ClN5O2S2. The van der Waals surface area contributed by atoms with Gasteiger partial charge >= 0.3 is 0 Å². The molecule has 0 amide bonds. The zero-order valence-electron chi connectivity index (χ0n) is 17.2. The lowest BCUT2D eigenvalue weighted by Gasteiger charge is -2.12. The first-order valence-corrected chi connectivity index (χ1v) is 12.1. The molecule has 0 spiro atoms. The van der Waals surface area contributed by atoms with E-state index in [-0.39, 0.29) is 10.8 Å². The van der Waals surface area contributed by atoms with Crippen LogP contribution in [0.5, 0.6) is 0 Å². The molecule has 0 aliphatic rings. The van der Waals surface area contributed by atoms with Gasteiger partial charge in [0.25, 0.3) is 5.56 Å². The SMILES string of the molecule is CCn1c(SC(C)c2nc3scc(-c4ccco4)c3c(=O)[nH]2)nnc1-c1ccc(Cl)cc1. The van der Waals surface area contributed by atoms with Gasteiger partial charge in [0.15, 0.2) is 11.0 Å². The van der Waals surface area contributed by atoms with Crippen LogP contribution in [0.2, 0.25) is 5.02 Å². The summed E-state index contributed by atoms with van der Waals surface area (Å²) in [7, 11) is 0. The maximum Gasteiger partial charge on any atom is 0.260 e. The quantitative estimate of drug-likeness (QED) is 0.296. The van der Waals surface area contributed by atoms with Gasteiger partial charge in [0.2, 0.25) is 0 Å². The number of aromatic amines is 1. The van der Waals surface area contributed by atoms with Gasteiger partial charge in [0, 0.05) is 28.1 Å². The van der Waals surface area contributed by atoms with E-state index in [0.717, 1.165) is 22.1 Å². The zero-order chi connectivity index (χ0) is 22.2. The molecule has 4 heterocycles. The molecule has 0 radical (unpaired) electrons. The van der Waals surface area contributed by atoms with E-state index in [9.17, 15) is 4.79 Å². The first-order chi connectivity index (χ1) is 15.5. The Bertz CT molecular complexity index is 1440. The molecule has 0 fully saturated rings. The second-order valence-corrected chi connectivity index (χ2v) is 9.68. The third-order valence-electron chi connectivity index (χ3n) is 5.05. The zero-order valence-corrected chi connectivity index (χ0v) is 19.6. The summed E-state index contributed by atoms with van der Waals surface area (Å²) in [6, 6.07) is 11.2. The smallest absolute Gasteiger partial charge is 0.260 e. The van der Waals surface area contributed by atoms with Crippen LogP contribution in [-0.2, 0) is 6.54 Å². The molecule has 1 atom stereocenters. The number of thioether (sulfide) groups is 1. The number of nitrogens with one attached hydrogen (secondary N) is 1. The van der Waals surface area contributed by atoms with Crippen molar-refractivity contribution in [1.82, 2.24) is 24.7 Å². The molecule has 1 aromatic carbocycles. The van der Waals surface area contributed by atoms with Gasteiger partial charge in [-0.3, -0.25) is 4.79 Å². The molecule has 32 heavy (non-hydrogen) atoms. The van der Waals surface area contributed by atoms with E-state index in [1.807, 2.05) is 54.1 Å². The summed E-state index contributed by atoms with van der Waals surface area (Å²) < 4.78 is 7.51. The molecule has 0 saturated carbocycles. The van der Waals surface area contributed by atoms with Crippen molar-refractivity contribution in [2.24, 2.45) is 0 Å². The van der Waals surface area contributed by atoms with E-state index in [1.54, 1.807) is 12.3 Å². The number of fused-ring (bicyclic) bond motifs is 1. The van der Waals surface area contributed by atoms with Crippen LogP contribution in [0.15, 0.2) is 62.4 Å². The molecule has 4 aromatic heterocycles. The summed E-state index contributed by atoms with van der Waals surface area (Å²) in [5.41, 5.74) is 1.53. The van der Waals surface area contributed by atoms with Gasteiger partial charge in [-0.1, -0.05) is 23.4 Å². The second kappa shape index (κ2) is 8.57. The molecule has 0 bridgehead atoms. The molecular weight excluding hydrogens is 466 g/mol. The Balaban J connectivity index is 1.46. The Kier molecular flexibility index (Phi) is 5.62. The van der Waals surface area contributed by atoms with E-state index in [0.29, 0.717) is 33.4 Å². The highest BCUT2D eigenvalue weighted by Crippen LogP contribution is 2.36. The average Bonchev–Trinajstić information content (AvgIpc) is 3.53. The van der Waals surface area contributed by atoms with Crippen molar-refractivity contribution in [2.75, 3.05) is 0 Å². The van der Waals surface area contributed by atoms with Crippen LogP contribution >= 0.6 is 34.7 Å². The van der Waals surface area contributed by atoms with Crippen LogP contribution in [0.1, 0.15) is 24.9 Å². The fourth-order valence-corrected chi connectivity index (χ4v) is 5.49. The van der Waals surface area contributed by atoms with Crippen molar-refractivity contribution in [3.8, 4) is 22.7 Å². The van der Waals surface area contributed by atoms with Gasteiger partial charge in [0.05, 0.1) is 16.9 Å². The van der Waals surface area contributed by atoms with Gasteiger partial charge in [-0.15, -0.1) is 21.5 Å². The highest BCUT2D eigenvalue weighted by atomic mass is 35.5. The molecule has 1 unspecified atom stereocenters. The minimum absolute atomic E-state index is 0.131. The number of halogens is 1. The number of H-pyrrole nitrogens is 1. The summed E-state index contributed by atoms with van der Waals surface area (Å²) in [6.07, 6.45) is 1.59.